The molecule has 1 aromatic rings. The first kappa shape index (κ1) is 16.5. The number of hydrazone groups is 1. The second-order valence-electron chi connectivity index (χ2n) is 4.99. The van der Waals surface area contributed by atoms with Crippen molar-refractivity contribution in [1.29, 1.82) is 10.7 Å². The van der Waals surface area contributed by atoms with Crippen molar-refractivity contribution in [3.05, 3.63) is 23.8 Å². The lowest BCUT2D eigenvalue weighted by Gasteiger charge is -2.30. The van der Waals surface area contributed by atoms with Gasteiger partial charge in [0.1, 0.15) is 6.07 Å². The van der Waals surface area contributed by atoms with Gasteiger partial charge < -0.3 is 15.4 Å². The predicted molar refractivity (Wildman–Crippen MR) is 88.1 cm³/mol. The molecular formula is C15H18N6O2. The molecule has 1 fully saturated rings. The molecule has 0 aliphatic carbocycles. The van der Waals surface area contributed by atoms with Crippen LogP contribution in [0.5, 0.6) is 0 Å². The zero-order valence-electron chi connectivity index (χ0n) is 12.8. The van der Waals surface area contributed by atoms with Crippen LogP contribution in [-0.2, 0) is 4.74 Å². The van der Waals surface area contributed by atoms with Gasteiger partial charge in [0.05, 0.1) is 24.6 Å². The molecule has 0 atom stereocenters. The molecule has 0 saturated carbocycles. The lowest BCUT2D eigenvalue weighted by molar-refractivity contribution is 0.101. The minimum absolute atomic E-state index is 0.0716. The number of nitrogens with one attached hydrogen (secondary N) is 2. The Balaban J connectivity index is 2.36. The molecule has 0 aromatic heterocycles. The van der Waals surface area contributed by atoms with Crippen LogP contribution in [-0.4, -0.2) is 43.6 Å². The lowest BCUT2D eigenvalue weighted by atomic mass is 10.1. The summed E-state index contributed by atoms with van der Waals surface area (Å²) < 4.78 is 5.34. The molecule has 1 heterocycles. The molecule has 1 aliphatic heterocycles. The molecule has 2 rings (SSSR count). The van der Waals surface area contributed by atoms with E-state index < -0.39 is 5.84 Å². The number of carbonyl (C=O) groups is 1. The molecule has 4 N–H and O–H groups in total. The van der Waals surface area contributed by atoms with Gasteiger partial charge in [0.25, 0.3) is 0 Å². The summed E-state index contributed by atoms with van der Waals surface area (Å²) in [5.41, 5.74) is 9.77. The number of carbonyl (C=O) groups excluding carboxylic acids is 1. The summed E-state index contributed by atoms with van der Waals surface area (Å²) >= 11 is 0. The number of ether oxygens (including phenoxy) is 1. The van der Waals surface area contributed by atoms with Crippen molar-refractivity contribution in [2.24, 2.45) is 10.8 Å². The number of nitrogens with two attached hydrogens (primary N) is 1. The zero-order valence-corrected chi connectivity index (χ0v) is 12.8. The van der Waals surface area contributed by atoms with Gasteiger partial charge in [-0.05, 0) is 25.1 Å². The minimum Gasteiger partial charge on any atom is -0.382 e. The molecule has 0 spiro atoms. The first-order valence-electron chi connectivity index (χ1n) is 7.09. The summed E-state index contributed by atoms with van der Waals surface area (Å²) in [7, 11) is 0. The number of hydrogen-bond donors (Lipinski definition) is 3. The summed E-state index contributed by atoms with van der Waals surface area (Å²) in [6.07, 6.45) is 0. The number of ketones is 1. The fraction of sp³-hybridized carbons (Fsp3) is 0.333. The highest BCUT2D eigenvalue weighted by molar-refractivity contribution is 6.45. The van der Waals surface area contributed by atoms with Gasteiger partial charge >= 0.3 is 0 Å². The van der Waals surface area contributed by atoms with E-state index >= 15 is 0 Å². The highest BCUT2D eigenvalue weighted by atomic mass is 16.5. The number of hydrogen-bond acceptors (Lipinski definition) is 7. The fourth-order valence-corrected chi connectivity index (χ4v) is 2.19. The first-order valence-corrected chi connectivity index (χ1v) is 7.09. The Bertz CT molecular complexity index is 686. The van der Waals surface area contributed by atoms with Crippen LogP contribution in [0.1, 0.15) is 17.3 Å². The van der Waals surface area contributed by atoms with E-state index in [1.165, 1.54) is 6.92 Å². The van der Waals surface area contributed by atoms with Crippen LogP contribution in [0, 0.1) is 16.7 Å². The van der Waals surface area contributed by atoms with Crippen molar-refractivity contribution < 1.29 is 9.53 Å². The number of amidine groups is 1. The van der Waals surface area contributed by atoms with Crippen molar-refractivity contribution in [2.45, 2.75) is 6.92 Å². The fourth-order valence-electron chi connectivity index (χ4n) is 2.19. The summed E-state index contributed by atoms with van der Waals surface area (Å²) in [5, 5.41) is 20.0. The molecule has 1 aliphatic rings. The number of Topliss-reactive ketones (excluding diaryl/α,β-unsaturated/α-hetero) is 1. The van der Waals surface area contributed by atoms with E-state index in [9.17, 15) is 4.79 Å². The third-order valence-electron chi connectivity index (χ3n) is 3.40. The molecule has 0 radical (unpaired) electrons. The minimum atomic E-state index is -0.421. The van der Waals surface area contributed by atoms with Gasteiger partial charge in [-0.3, -0.25) is 15.6 Å². The van der Waals surface area contributed by atoms with Gasteiger partial charge in [-0.25, -0.2) is 0 Å². The van der Waals surface area contributed by atoms with Crippen molar-refractivity contribution in [3.63, 3.8) is 0 Å². The van der Waals surface area contributed by atoms with Crippen LogP contribution in [0.25, 0.3) is 0 Å². The standard InChI is InChI=1S/C15H18N6O2/c1-10(22)11-2-3-14(21-4-6-23-7-5-21)12(8-11)19-20-13(9-16)15(17)18/h2-3,8,19H,4-7H2,1H3,(H3,17,18)/b20-13+. The van der Waals surface area contributed by atoms with E-state index in [2.05, 4.69) is 15.4 Å². The van der Waals surface area contributed by atoms with Crippen molar-refractivity contribution in [3.8, 4) is 6.07 Å². The molecular weight excluding hydrogens is 296 g/mol. The number of morpholine rings is 1. The first-order chi connectivity index (χ1) is 11.0. The Hall–Kier alpha value is -2.92. The summed E-state index contributed by atoms with van der Waals surface area (Å²) in [6.45, 7) is 4.15. The molecule has 0 amide bonds. The quantitative estimate of drug-likeness (QED) is 0.321. The molecule has 23 heavy (non-hydrogen) atoms. The number of benzene rings is 1. The maximum absolute atomic E-state index is 11.6. The number of anilines is 2. The maximum Gasteiger partial charge on any atom is 0.201 e. The monoisotopic (exact) mass is 314 g/mol. The van der Waals surface area contributed by atoms with Crippen LogP contribution in [0.4, 0.5) is 11.4 Å². The van der Waals surface area contributed by atoms with Gasteiger partial charge in [0.15, 0.2) is 11.6 Å². The Morgan fingerprint density at radius 2 is 2.17 bits per heavy atom. The molecule has 0 unspecified atom stereocenters. The highest BCUT2D eigenvalue weighted by Crippen LogP contribution is 2.28. The third kappa shape index (κ3) is 4.05. The van der Waals surface area contributed by atoms with E-state index in [1.807, 2.05) is 6.07 Å². The normalized spacial score (nSPS) is 15.0. The van der Waals surface area contributed by atoms with Gasteiger partial charge in [-0.15, -0.1) is 0 Å². The van der Waals surface area contributed by atoms with E-state index in [-0.39, 0.29) is 11.5 Å². The molecule has 1 aromatic carbocycles. The average molecular weight is 314 g/mol. The zero-order chi connectivity index (χ0) is 16.8. The van der Waals surface area contributed by atoms with Gasteiger partial charge in [-0.2, -0.15) is 10.4 Å². The van der Waals surface area contributed by atoms with Crippen molar-refractivity contribution in [2.75, 3.05) is 36.6 Å². The van der Waals surface area contributed by atoms with Gasteiger partial charge in [0, 0.05) is 18.7 Å². The third-order valence-corrected chi connectivity index (χ3v) is 3.40. The predicted octanol–water partition coefficient (Wildman–Crippen LogP) is 0.953. The summed E-state index contributed by atoms with van der Waals surface area (Å²) in [5.74, 6) is -0.492. The largest absolute Gasteiger partial charge is 0.382 e. The second kappa shape index (κ2) is 7.38. The summed E-state index contributed by atoms with van der Waals surface area (Å²) in [6, 6.07) is 7.00. The highest BCUT2D eigenvalue weighted by Gasteiger charge is 2.16. The Morgan fingerprint density at radius 1 is 1.48 bits per heavy atom. The van der Waals surface area contributed by atoms with Crippen molar-refractivity contribution >= 4 is 28.7 Å². The van der Waals surface area contributed by atoms with Gasteiger partial charge in [0.2, 0.25) is 5.71 Å². The molecule has 1 saturated heterocycles. The van der Waals surface area contributed by atoms with E-state index in [0.29, 0.717) is 24.5 Å². The Labute approximate surface area is 134 Å². The number of nitrogens with zero attached hydrogens (tertiary/aromatic N) is 3. The Kier molecular flexibility index (Phi) is 5.28. The SMILES string of the molecule is CC(=O)c1ccc(N2CCOCC2)c(N/N=C(\C#N)C(=N)N)c1. The maximum atomic E-state index is 11.6. The van der Waals surface area contributed by atoms with Crippen LogP contribution < -0.4 is 16.1 Å². The molecule has 8 nitrogen and oxygen atoms in total. The number of nitriles is 1. The molecule has 8 heteroatoms. The van der Waals surface area contributed by atoms with E-state index in [0.717, 1.165) is 18.8 Å². The van der Waals surface area contributed by atoms with Crippen LogP contribution >= 0.6 is 0 Å². The van der Waals surface area contributed by atoms with Gasteiger partial charge in [-0.1, -0.05) is 0 Å². The van der Waals surface area contributed by atoms with Crippen LogP contribution in [0.15, 0.2) is 23.3 Å². The molecule has 120 valence electrons. The van der Waals surface area contributed by atoms with Crippen LogP contribution in [0.3, 0.4) is 0 Å². The number of rotatable bonds is 5. The van der Waals surface area contributed by atoms with E-state index in [4.69, 9.17) is 21.1 Å². The second-order valence-corrected chi connectivity index (χ2v) is 4.99. The smallest absolute Gasteiger partial charge is 0.201 e. The van der Waals surface area contributed by atoms with E-state index in [1.54, 1.807) is 18.2 Å². The average Bonchev–Trinajstić information content (AvgIpc) is 2.55. The lowest BCUT2D eigenvalue weighted by Crippen LogP contribution is -2.36. The molecule has 0 bridgehead atoms. The van der Waals surface area contributed by atoms with Crippen molar-refractivity contribution in [1.82, 2.24) is 0 Å². The topological polar surface area (TPSA) is 128 Å². The summed E-state index contributed by atoms with van der Waals surface area (Å²) in [4.78, 5) is 13.7. The van der Waals surface area contributed by atoms with Crippen LogP contribution in [0.2, 0.25) is 0 Å². The Morgan fingerprint density at radius 3 is 2.74 bits per heavy atom.